The first kappa shape index (κ1) is 20.4. The molecule has 0 aliphatic heterocycles. The Balaban J connectivity index is 1.49. The lowest BCUT2D eigenvalue weighted by atomic mass is 10.2. The Bertz CT molecular complexity index is 642. The van der Waals surface area contributed by atoms with Gasteiger partial charge < -0.3 is 15.4 Å². The van der Waals surface area contributed by atoms with Crippen molar-refractivity contribution in [1.82, 2.24) is 15.6 Å². The first-order valence-corrected chi connectivity index (χ1v) is 10.1. The number of nitrogens with zero attached hydrogens (tertiary/aromatic N) is 2. The molecule has 0 saturated heterocycles. The zero-order chi connectivity index (χ0) is 18.5. The Labute approximate surface area is 160 Å². The number of guanidine groups is 1. The molecule has 0 bridgehead atoms. The summed E-state index contributed by atoms with van der Waals surface area (Å²) in [6.07, 6.45) is 5.89. The molecule has 2 aromatic rings. The summed E-state index contributed by atoms with van der Waals surface area (Å²) in [7, 11) is 1.80. The number of hydrogen-bond donors (Lipinski definition) is 2. The summed E-state index contributed by atoms with van der Waals surface area (Å²) in [5, 5.41) is 7.83. The third-order valence-corrected chi connectivity index (χ3v) is 5.14. The van der Waals surface area contributed by atoms with E-state index in [4.69, 9.17) is 4.74 Å². The van der Waals surface area contributed by atoms with E-state index in [1.165, 1.54) is 15.4 Å². The van der Waals surface area contributed by atoms with Crippen LogP contribution in [0.3, 0.4) is 0 Å². The van der Waals surface area contributed by atoms with E-state index in [1.807, 2.05) is 12.3 Å². The molecule has 0 unspecified atom stereocenters. The van der Waals surface area contributed by atoms with Crippen LogP contribution in [0, 0.1) is 0 Å². The van der Waals surface area contributed by atoms with Crippen LogP contribution in [0.1, 0.15) is 28.8 Å². The molecule has 0 radical (unpaired) electrons. The fraction of sp³-hybridized carbons (Fsp3) is 0.500. The minimum atomic E-state index is 0.760. The molecule has 5 nitrogen and oxygen atoms in total. The number of aliphatic imine (C=N–C) groups is 1. The van der Waals surface area contributed by atoms with Gasteiger partial charge in [0.1, 0.15) is 0 Å². The fourth-order valence-electron chi connectivity index (χ4n) is 2.45. The van der Waals surface area contributed by atoms with Gasteiger partial charge in [-0.05, 0) is 24.8 Å². The third-order valence-electron chi connectivity index (χ3n) is 3.94. The lowest BCUT2D eigenvalue weighted by molar-refractivity contribution is 0.135. The largest absolute Gasteiger partial charge is 0.381 e. The van der Waals surface area contributed by atoms with Crippen LogP contribution < -0.4 is 10.6 Å². The first-order chi connectivity index (χ1) is 12.8. The highest BCUT2D eigenvalue weighted by Gasteiger charge is 2.02. The van der Waals surface area contributed by atoms with Crippen molar-refractivity contribution in [2.24, 2.45) is 4.99 Å². The van der Waals surface area contributed by atoms with E-state index >= 15 is 0 Å². The van der Waals surface area contributed by atoms with E-state index in [-0.39, 0.29) is 0 Å². The normalized spacial score (nSPS) is 11.5. The quantitative estimate of drug-likeness (QED) is 0.361. The summed E-state index contributed by atoms with van der Waals surface area (Å²) in [5.41, 5.74) is 1.32. The maximum atomic E-state index is 5.70. The van der Waals surface area contributed by atoms with Crippen LogP contribution in [0.4, 0.5) is 0 Å². The molecule has 26 heavy (non-hydrogen) atoms. The molecule has 1 aromatic heterocycles. The summed E-state index contributed by atoms with van der Waals surface area (Å²) in [5.74, 6) is 0.835. The zero-order valence-corrected chi connectivity index (χ0v) is 16.6. The van der Waals surface area contributed by atoms with Gasteiger partial charge in [-0.3, -0.25) is 4.99 Å². The number of thiazole rings is 1. The number of aromatic nitrogens is 1. The second-order valence-electron chi connectivity index (χ2n) is 5.95. The molecule has 2 rings (SSSR count). The van der Waals surface area contributed by atoms with Crippen molar-refractivity contribution in [2.45, 2.75) is 32.6 Å². The van der Waals surface area contributed by atoms with Crippen molar-refractivity contribution in [3.8, 4) is 0 Å². The van der Waals surface area contributed by atoms with Gasteiger partial charge in [-0.2, -0.15) is 0 Å². The van der Waals surface area contributed by atoms with Gasteiger partial charge in [0, 0.05) is 44.2 Å². The van der Waals surface area contributed by atoms with Crippen LogP contribution in [0.25, 0.3) is 0 Å². The molecular formula is C20H30N4OS. The van der Waals surface area contributed by atoms with Crippen LogP contribution in [0.15, 0.2) is 41.5 Å². The van der Waals surface area contributed by atoms with Crippen molar-refractivity contribution in [1.29, 1.82) is 0 Å². The summed E-state index contributed by atoms with van der Waals surface area (Å²) in [6.45, 7) is 5.37. The zero-order valence-electron chi connectivity index (χ0n) is 15.8. The van der Waals surface area contributed by atoms with E-state index in [2.05, 4.69) is 51.8 Å². The molecule has 0 spiro atoms. The molecule has 142 valence electrons. The van der Waals surface area contributed by atoms with Crippen LogP contribution >= 0.6 is 11.3 Å². The van der Waals surface area contributed by atoms with Gasteiger partial charge in [-0.15, -0.1) is 11.3 Å². The summed E-state index contributed by atoms with van der Waals surface area (Å²) in [4.78, 5) is 10.0. The van der Waals surface area contributed by atoms with Gasteiger partial charge in [-0.1, -0.05) is 37.3 Å². The molecule has 6 heteroatoms. The molecule has 1 heterocycles. The monoisotopic (exact) mass is 374 g/mol. The highest BCUT2D eigenvalue weighted by atomic mass is 32.1. The maximum Gasteiger partial charge on any atom is 0.190 e. The van der Waals surface area contributed by atoms with Crippen molar-refractivity contribution in [3.05, 3.63) is 52.0 Å². The number of hydrogen-bond acceptors (Lipinski definition) is 4. The Morgan fingerprint density at radius 2 is 1.92 bits per heavy atom. The molecule has 0 aliphatic carbocycles. The molecule has 0 aliphatic rings. The molecule has 1 aromatic carbocycles. The SMILES string of the molecule is CCc1cnc(CCNC(=NC)NCCCOCCc2ccccc2)s1. The smallest absolute Gasteiger partial charge is 0.190 e. The lowest BCUT2D eigenvalue weighted by Gasteiger charge is -2.11. The standard InChI is InChI=1S/C20H30N4OS/c1-3-18-16-24-19(26-18)10-13-23-20(21-2)22-12-7-14-25-15-11-17-8-5-4-6-9-17/h4-6,8-9,16H,3,7,10-15H2,1-2H3,(H2,21,22,23). The minimum absolute atomic E-state index is 0.760. The van der Waals surface area contributed by atoms with Crippen LogP contribution in [0.2, 0.25) is 0 Å². The topological polar surface area (TPSA) is 58.5 Å². The fourth-order valence-corrected chi connectivity index (χ4v) is 3.32. The highest BCUT2D eigenvalue weighted by molar-refractivity contribution is 7.11. The van der Waals surface area contributed by atoms with E-state index in [9.17, 15) is 0 Å². The third kappa shape index (κ3) is 7.97. The highest BCUT2D eigenvalue weighted by Crippen LogP contribution is 2.13. The van der Waals surface area contributed by atoms with Crippen LogP contribution in [0.5, 0.6) is 0 Å². The van der Waals surface area contributed by atoms with Crippen LogP contribution in [-0.4, -0.2) is 44.3 Å². The minimum Gasteiger partial charge on any atom is -0.381 e. The maximum absolute atomic E-state index is 5.70. The van der Waals surface area contributed by atoms with Gasteiger partial charge in [0.25, 0.3) is 0 Å². The lowest BCUT2D eigenvalue weighted by Crippen LogP contribution is -2.39. The van der Waals surface area contributed by atoms with E-state index < -0.39 is 0 Å². The Kier molecular flexibility index (Phi) is 9.75. The van der Waals surface area contributed by atoms with Gasteiger partial charge in [0.05, 0.1) is 11.6 Å². The number of aryl methyl sites for hydroxylation is 1. The van der Waals surface area contributed by atoms with E-state index in [0.717, 1.165) is 57.9 Å². The second-order valence-corrected chi connectivity index (χ2v) is 7.15. The average molecular weight is 375 g/mol. The van der Waals surface area contributed by atoms with Crippen molar-refractivity contribution in [3.63, 3.8) is 0 Å². The molecule has 0 amide bonds. The van der Waals surface area contributed by atoms with Gasteiger partial charge in [0.15, 0.2) is 5.96 Å². The molecule has 0 atom stereocenters. The number of nitrogens with one attached hydrogen (secondary N) is 2. The van der Waals surface area contributed by atoms with E-state index in [1.54, 1.807) is 18.4 Å². The van der Waals surface area contributed by atoms with Crippen LogP contribution in [-0.2, 0) is 24.0 Å². The van der Waals surface area contributed by atoms with Crippen molar-refractivity contribution in [2.75, 3.05) is 33.4 Å². The summed E-state index contributed by atoms with van der Waals surface area (Å²) < 4.78 is 5.70. The van der Waals surface area contributed by atoms with Crippen molar-refractivity contribution >= 4 is 17.3 Å². The Morgan fingerprint density at radius 3 is 2.65 bits per heavy atom. The van der Waals surface area contributed by atoms with E-state index in [0.29, 0.717) is 0 Å². The van der Waals surface area contributed by atoms with Gasteiger partial charge in [-0.25, -0.2) is 4.98 Å². The number of ether oxygens (including phenoxy) is 1. The molecule has 0 saturated carbocycles. The average Bonchev–Trinajstić information content (AvgIpc) is 3.14. The van der Waals surface area contributed by atoms with Crippen molar-refractivity contribution < 1.29 is 4.74 Å². The predicted molar refractivity (Wildman–Crippen MR) is 110 cm³/mol. The van der Waals surface area contributed by atoms with Gasteiger partial charge in [0.2, 0.25) is 0 Å². The Hall–Kier alpha value is -1.92. The molecule has 2 N–H and O–H groups in total. The molecular weight excluding hydrogens is 344 g/mol. The summed E-state index contributed by atoms with van der Waals surface area (Å²) in [6, 6.07) is 10.4. The van der Waals surface area contributed by atoms with Gasteiger partial charge >= 0.3 is 0 Å². The predicted octanol–water partition coefficient (Wildman–Crippen LogP) is 3.06. The molecule has 0 fully saturated rings. The second kappa shape index (κ2) is 12.4. The Morgan fingerprint density at radius 1 is 1.12 bits per heavy atom. The number of rotatable bonds is 11. The first-order valence-electron chi connectivity index (χ1n) is 9.31. The summed E-state index contributed by atoms with van der Waals surface area (Å²) >= 11 is 1.79. The number of benzene rings is 1.